The number of aromatic hydroxyl groups is 1. The highest BCUT2D eigenvalue weighted by Crippen LogP contribution is 2.27. The first-order valence-corrected chi connectivity index (χ1v) is 9.03. The van der Waals surface area contributed by atoms with Crippen molar-refractivity contribution in [3.05, 3.63) is 52.5 Å². The van der Waals surface area contributed by atoms with E-state index in [0.29, 0.717) is 11.3 Å². The number of nitrogens with one attached hydrogen (secondary N) is 1. The van der Waals surface area contributed by atoms with Gasteiger partial charge in [0.1, 0.15) is 11.5 Å². The quantitative estimate of drug-likeness (QED) is 0.562. The number of methoxy groups -OCH3 is 1. The molecule has 27 heavy (non-hydrogen) atoms. The number of rotatable bonds is 5. The third-order valence-corrected chi connectivity index (χ3v) is 4.74. The number of hydrogen-bond donors (Lipinski definition) is 2. The Bertz CT molecular complexity index is 883. The first kappa shape index (κ1) is 18.9. The van der Waals surface area contributed by atoms with Crippen LogP contribution in [0, 0.1) is 5.92 Å². The highest BCUT2D eigenvalue weighted by Gasteiger charge is 2.35. The van der Waals surface area contributed by atoms with E-state index in [1.54, 1.807) is 48.4 Å². The molecular formula is C19H18BrN3O4. The van der Waals surface area contributed by atoms with Crippen LogP contribution < -0.4 is 15.1 Å². The first-order chi connectivity index (χ1) is 13.0. The van der Waals surface area contributed by atoms with Crippen molar-refractivity contribution in [2.75, 3.05) is 18.6 Å². The Morgan fingerprint density at radius 2 is 2.07 bits per heavy atom. The summed E-state index contributed by atoms with van der Waals surface area (Å²) in [5.74, 6) is -0.199. The number of nitrogens with zero attached hydrogens (tertiary/aromatic N) is 2. The molecule has 0 bridgehead atoms. The maximum atomic E-state index is 12.3. The van der Waals surface area contributed by atoms with Crippen molar-refractivity contribution >= 4 is 39.6 Å². The molecule has 0 saturated carbocycles. The number of ether oxygens (including phenoxy) is 1. The first-order valence-electron chi connectivity index (χ1n) is 8.24. The second-order valence-corrected chi connectivity index (χ2v) is 6.96. The van der Waals surface area contributed by atoms with Crippen LogP contribution in [0.2, 0.25) is 0 Å². The molecule has 2 aromatic carbocycles. The van der Waals surface area contributed by atoms with Crippen molar-refractivity contribution in [3.8, 4) is 11.5 Å². The number of phenols is 1. The Morgan fingerprint density at radius 1 is 1.33 bits per heavy atom. The highest BCUT2D eigenvalue weighted by molar-refractivity contribution is 9.10. The van der Waals surface area contributed by atoms with Crippen molar-refractivity contribution in [3.63, 3.8) is 0 Å². The van der Waals surface area contributed by atoms with E-state index in [1.807, 2.05) is 0 Å². The Kier molecular flexibility index (Phi) is 5.75. The summed E-state index contributed by atoms with van der Waals surface area (Å²) in [5.41, 5.74) is 3.62. The van der Waals surface area contributed by atoms with Gasteiger partial charge in [-0.15, -0.1) is 0 Å². The molecule has 0 radical (unpaired) electrons. The number of carbonyl (C=O) groups excluding carboxylic acids is 2. The monoisotopic (exact) mass is 431 g/mol. The summed E-state index contributed by atoms with van der Waals surface area (Å²) < 4.78 is 5.89. The van der Waals surface area contributed by atoms with E-state index in [-0.39, 0.29) is 30.5 Å². The van der Waals surface area contributed by atoms with Gasteiger partial charge >= 0.3 is 0 Å². The van der Waals surface area contributed by atoms with Gasteiger partial charge in [0.2, 0.25) is 11.8 Å². The SMILES string of the molecule is COc1ccc(N2C[C@H](C(=O)N/N=C/c3cc(Br)ccc3O)CC2=O)cc1. The summed E-state index contributed by atoms with van der Waals surface area (Å²) in [6, 6.07) is 12.0. The Labute approximate surface area is 164 Å². The fraction of sp³-hybridized carbons (Fsp3) is 0.211. The van der Waals surface area contributed by atoms with Crippen LogP contribution in [0.25, 0.3) is 0 Å². The molecule has 8 heteroatoms. The summed E-state index contributed by atoms with van der Waals surface area (Å²) >= 11 is 3.30. The minimum atomic E-state index is -0.493. The summed E-state index contributed by atoms with van der Waals surface area (Å²) in [4.78, 5) is 26.2. The molecular weight excluding hydrogens is 414 g/mol. The van der Waals surface area contributed by atoms with Crippen LogP contribution in [0.3, 0.4) is 0 Å². The van der Waals surface area contributed by atoms with Gasteiger partial charge in [0.25, 0.3) is 0 Å². The zero-order valence-corrected chi connectivity index (χ0v) is 16.1. The zero-order valence-electron chi connectivity index (χ0n) is 14.6. The van der Waals surface area contributed by atoms with Gasteiger partial charge < -0.3 is 14.7 Å². The number of benzene rings is 2. The van der Waals surface area contributed by atoms with Gasteiger partial charge in [0, 0.05) is 28.7 Å². The van der Waals surface area contributed by atoms with Gasteiger partial charge in [-0.2, -0.15) is 5.10 Å². The molecule has 1 aliphatic rings. The number of amides is 2. The standard InChI is InChI=1S/C19H18BrN3O4/c1-27-16-5-3-15(4-6-16)23-11-13(9-18(23)25)19(26)22-21-10-12-8-14(20)2-7-17(12)24/h2-8,10,13,24H,9,11H2,1H3,(H,22,26)/b21-10+/t13-/m1/s1. The van der Waals surface area contributed by atoms with Crippen LogP contribution in [0.1, 0.15) is 12.0 Å². The maximum absolute atomic E-state index is 12.3. The summed E-state index contributed by atoms with van der Waals surface area (Å²) in [5, 5.41) is 13.6. The second kappa shape index (κ2) is 8.22. The van der Waals surface area contributed by atoms with Crippen LogP contribution in [-0.4, -0.2) is 36.8 Å². The van der Waals surface area contributed by atoms with Crippen molar-refractivity contribution < 1.29 is 19.4 Å². The smallest absolute Gasteiger partial charge is 0.245 e. The lowest BCUT2D eigenvalue weighted by Gasteiger charge is -2.16. The molecule has 2 aromatic rings. The van der Waals surface area contributed by atoms with E-state index in [4.69, 9.17) is 4.74 Å². The second-order valence-electron chi connectivity index (χ2n) is 6.04. The van der Waals surface area contributed by atoms with Crippen LogP contribution >= 0.6 is 15.9 Å². The van der Waals surface area contributed by atoms with Crippen molar-refractivity contribution in [1.29, 1.82) is 0 Å². The number of hydrazone groups is 1. The van der Waals surface area contributed by atoms with E-state index in [1.165, 1.54) is 12.3 Å². The van der Waals surface area contributed by atoms with Gasteiger partial charge in [-0.3, -0.25) is 9.59 Å². The average Bonchev–Trinajstić information content (AvgIpc) is 3.06. The van der Waals surface area contributed by atoms with Gasteiger partial charge in [0.15, 0.2) is 0 Å². The van der Waals surface area contributed by atoms with Gasteiger partial charge in [-0.05, 0) is 42.5 Å². The lowest BCUT2D eigenvalue weighted by atomic mass is 10.1. The topological polar surface area (TPSA) is 91.2 Å². The van der Waals surface area contributed by atoms with Crippen LogP contribution in [0.15, 0.2) is 52.0 Å². The number of carbonyl (C=O) groups is 2. The predicted octanol–water partition coefficient (Wildman–Crippen LogP) is 2.67. The van der Waals surface area contributed by atoms with Gasteiger partial charge in [-0.25, -0.2) is 5.43 Å². The molecule has 3 rings (SSSR count). The largest absolute Gasteiger partial charge is 0.507 e. The molecule has 0 aliphatic carbocycles. The number of anilines is 1. The van der Waals surface area contributed by atoms with Crippen LogP contribution in [-0.2, 0) is 9.59 Å². The third-order valence-electron chi connectivity index (χ3n) is 4.25. The van der Waals surface area contributed by atoms with E-state index >= 15 is 0 Å². The van der Waals surface area contributed by atoms with E-state index in [9.17, 15) is 14.7 Å². The molecule has 1 heterocycles. The van der Waals surface area contributed by atoms with Crippen LogP contribution in [0.5, 0.6) is 11.5 Å². The molecule has 1 atom stereocenters. The molecule has 0 unspecified atom stereocenters. The van der Waals surface area contributed by atoms with E-state index < -0.39 is 5.92 Å². The maximum Gasteiger partial charge on any atom is 0.245 e. The fourth-order valence-electron chi connectivity index (χ4n) is 2.78. The Balaban J connectivity index is 1.61. The highest BCUT2D eigenvalue weighted by atomic mass is 79.9. The number of phenolic OH excluding ortho intramolecular Hbond substituents is 1. The molecule has 140 valence electrons. The van der Waals surface area contributed by atoms with E-state index in [0.717, 1.165) is 10.2 Å². The summed E-state index contributed by atoms with van der Waals surface area (Å²) in [6.45, 7) is 0.286. The normalized spacial score (nSPS) is 16.7. The number of halogens is 1. The van der Waals surface area contributed by atoms with Crippen molar-refractivity contribution in [2.45, 2.75) is 6.42 Å². The lowest BCUT2D eigenvalue weighted by molar-refractivity contribution is -0.126. The molecule has 1 aliphatic heterocycles. The lowest BCUT2D eigenvalue weighted by Crippen LogP contribution is -2.30. The molecule has 0 spiro atoms. The van der Waals surface area contributed by atoms with Crippen molar-refractivity contribution in [2.24, 2.45) is 11.0 Å². The third kappa shape index (κ3) is 4.46. The molecule has 7 nitrogen and oxygen atoms in total. The molecule has 2 N–H and O–H groups in total. The average molecular weight is 432 g/mol. The summed E-state index contributed by atoms with van der Waals surface area (Å²) in [6.07, 6.45) is 1.48. The number of hydrogen-bond acceptors (Lipinski definition) is 5. The predicted molar refractivity (Wildman–Crippen MR) is 105 cm³/mol. The zero-order chi connectivity index (χ0) is 19.4. The minimum absolute atomic E-state index is 0.0536. The van der Waals surface area contributed by atoms with Crippen LogP contribution in [0.4, 0.5) is 5.69 Å². The van der Waals surface area contributed by atoms with Gasteiger partial charge in [-0.1, -0.05) is 15.9 Å². The Morgan fingerprint density at radius 3 is 2.78 bits per heavy atom. The van der Waals surface area contributed by atoms with Crippen molar-refractivity contribution in [1.82, 2.24) is 5.43 Å². The van der Waals surface area contributed by atoms with Gasteiger partial charge in [0.05, 0.1) is 19.2 Å². The fourth-order valence-corrected chi connectivity index (χ4v) is 3.16. The molecule has 2 amide bonds. The molecule has 1 saturated heterocycles. The minimum Gasteiger partial charge on any atom is -0.507 e. The molecule has 0 aromatic heterocycles. The molecule has 1 fully saturated rings. The van der Waals surface area contributed by atoms with E-state index in [2.05, 4.69) is 26.5 Å². The summed E-state index contributed by atoms with van der Waals surface area (Å²) in [7, 11) is 1.57. The Hall–Kier alpha value is -2.87.